The van der Waals surface area contributed by atoms with Crippen molar-refractivity contribution in [3.05, 3.63) is 35.4 Å². The SMILES string of the molecule is [IH+]C1Cc2ccccc21. The third-order valence-corrected chi connectivity index (χ3v) is 3.01. The van der Waals surface area contributed by atoms with E-state index in [9.17, 15) is 0 Å². The first-order valence-electron chi connectivity index (χ1n) is 3.11. The van der Waals surface area contributed by atoms with Crippen LogP contribution >= 0.6 is 0 Å². The van der Waals surface area contributed by atoms with E-state index in [1.165, 1.54) is 6.42 Å². The molecule has 1 aliphatic rings. The fourth-order valence-corrected chi connectivity index (χ4v) is 2.38. The number of rotatable bonds is 0. The van der Waals surface area contributed by atoms with E-state index in [-0.39, 0.29) is 0 Å². The first kappa shape index (κ1) is 5.71. The molecule has 0 heterocycles. The molecule has 46 valence electrons. The second-order valence-corrected chi connectivity index (χ2v) is 4.02. The number of hydrogen-bond donors (Lipinski definition) is 0. The fraction of sp³-hybridized carbons (Fsp3) is 0.250. The van der Waals surface area contributed by atoms with E-state index in [4.69, 9.17) is 0 Å². The standard InChI is InChI=1S/C8H8I/c9-8-5-6-3-1-2-4-7(6)8/h1-4,8-9H,5H2/q+1. The Kier molecular flexibility index (Phi) is 1.25. The summed E-state index contributed by atoms with van der Waals surface area (Å²) in [6, 6.07) is 8.69. The molecule has 2 rings (SSSR count). The van der Waals surface area contributed by atoms with E-state index in [0.717, 1.165) is 3.92 Å². The van der Waals surface area contributed by atoms with E-state index in [1.54, 1.807) is 11.1 Å². The van der Waals surface area contributed by atoms with Gasteiger partial charge in [-0.2, -0.15) is 0 Å². The first-order valence-corrected chi connectivity index (χ1v) is 4.46. The molecule has 0 fully saturated rings. The average Bonchev–Trinajstić information content (AvgIpc) is 1.86. The normalized spacial score (nSPS) is 22.6. The van der Waals surface area contributed by atoms with Gasteiger partial charge in [-0.05, 0) is 5.56 Å². The molecule has 0 N–H and O–H groups in total. The van der Waals surface area contributed by atoms with E-state index in [1.807, 2.05) is 0 Å². The highest BCUT2D eigenvalue weighted by atomic mass is 127. The van der Waals surface area contributed by atoms with Gasteiger partial charge in [-0.3, -0.25) is 0 Å². The molecule has 1 heteroatoms. The second-order valence-electron chi connectivity index (χ2n) is 2.39. The van der Waals surface area contributed by atoms with Crippen molar-refractivity contribution in [1.29, 1.82) is 0 Å². The molecule has 0 radical (unpaired) electrons. The van der Waals surface area contributed by atoms with Crippen LogP contribution < -0.4 is 22.6 Å². The average molecular weight is 231 g/mol. The summed E-state index contributed by atoms with van der Waals surface area (Å²) < 4.78 is 0.831. The highest BCUT2D eigenvalue weighted by molar-refractivity contribution is 5.37. The minimum Gasteiger partial charge on any atom is -0.0620 e. The van der Waals surface area contributed by atoms with Crippen molar-refractivity contribution in [2.24, 2.45) is 0 Å². The lowest BCUT2D eigenvalue weighted by Crippen LogP contribution is -3.36. The summed E-state index contributed by atoms with van der Waals surface area (Å²) in [6.07, 6.45) is 1.29. The summed E-state index contributed by atoms with van der Waals surface area (Å²) in [6.45, 7) is 0. The first-order chi connectivity index (χ1) is 4.38. The number of benzene rings is 1. The predicted molar refractivity (Wildman–Crippen MR) is 34.3 cm³/mol. The van der Waals surface area contributed by atoms with Crippen molar-refractivity contribution in [2.75, 3.05) is 0 Å². The van der Waals surface area contributed by atoms with Crippen LogP contribution in [0.5, 0.6) is 0 Å². The van der Waals surface area contributed by atoms with Crippen molar-refractivity contribution in [2.45, 2.75) is 10.3 Å². The van der Waals surface area contributed by atoms with Crippen LogP contribution in [-0.4, -0.2) is 0 Å². The van der Waals surface area contributed by atoms with Gasteiger partial charge in [0.25, 0.3) is 22.6 Å². The van der Waals surface area contributed by atoms with Crippen LogP contribution in [0.2, 0.25) is 0 Å². The highest BCUT2D eigenvalue weighted by Crippen LogP contribution is 2.27. The summed E-state index contributed by atoms with van der Waals surface area (Å²) in [5.41, 5.74) is 3.11. The summed E-state index contributed by atoms with van der Waals surface area (Å²) in [5, 5.41) is 0. The van der Waals surface area contributed by atoms with Crippen LogP contribution in [0.4, 0.5) is 0 Å². The Morgan fingerprint density at radius 3 is 2.67 bits per heavy atom. The summed E-state index contributed by atoms with van der Waals surface area (Å²) in [7, 11) is 0. The Bertz CT molecular complexity index is 230. The third kappa shape index (κ3) is 0.784. The maximum absolute atomic E-state index is 2.23. The van der Waals surface area contributed by atoms with Crippen LogP contribution in [0.3, 0.4) is 0 Å². The number of alkyl halides is 1. The molecular formula is C8H8I+. The van der Waals surface area contributed by atoms with Gasteiger partial charge in [0.1, 0.15) is 0 Å². The number of hydrogen-bond acceptors (Lipinski definition) is 0. The number of halogens is 1. The summed E-state index contributed by atoms with van der Waals surface area (Å²) in [4.78, 5) is 0. The topological polar surface area (TPSA) is 0 Å². The monoisotopic (exact) mass is 231 g/mol. The van der Waals surface area contributed by atoms with Crippen molar-refractivity contribution >= 4 is 0 Å². The van der Waals surface area contributed by atoms with Gasteiger partial charge in [-0.1, -0.05) is 24.3 Å². The Morgan fingerprint density at radius 2 is 2.11 bits per heavy atom. The van der Waals surface area contributed by atoms with E-state index < -0.39 is 0 Å². The largest absolute Gasteiger partial charge is 0.261 e. The Morgan fingerprint density at radius 1 is 1.33 bits per heavy atom. The molecule has 1 aromatic carbocycles. The molecule has 0 nitrogen and oxygen atoms in total. The smallest absolute Gasteiger partial charge is 0.0620 e. The molecule has 0 aliphatic heterocycles. The molecular weight excluding hydrogens is 223 g/mol. The van der Waals surface area contributed by atoms with E-state index in [0.29, 0.717) is 0 Å². The van der Waals surface area contributed by atoms with Gasteiger partial charge in [-0.25, -0.2) is 0 Å². The Balaban J connectivity index is 2.51. The molecule has 1 atom stereocenters. The van der Waals surface area contributed by atoms with Crippen molar-refractivity contribution in [1.82, 2.24) is 0 Å². The maximum Gasteiger partial charge on any atom is 0.261 e. The Hall–Kier alpha value is -0.0500. The molecule has 0 amide bonds. The lowest BCUT2D eigenvalue weighted by molar-refractivity contribution is -0.433. The highest BCUT2D eigenvalue weighted by Gasteiger charge is 2.28. The lowest BCUT2D eigenvalue weighted by atomic mass is 9.89. The van der Waals surface area contributed by atoms with Gasteiger partial charge in [-0.15, -0.1) is 0 Å². The fourth-order valence-electron chi connectivity index (χ4n) is 1.21. The summed E-state index contributed by atoms with van der Waals surface area (Å²) in [5.74, 6) is 0. The van der Waals surface area contributed by atoms with Gasteiger partial charge in [0.15, 0.2) is 3.92 Å². The van der Waals surface area contributed by atoms with Crippen molar-refractivity contribution in [3.63, 3.8) is 0 Å². The maximum atomic E-state index is 2.23. The molecule has 1 aromatic rings. The molecule has 0 aromatic heterocycles. The van der Waals surface area contributed by atoms with Crippen LogP contribution in [0, 0.1) is 0 Å². The van der Waals surface area contributed by atoms with Crippen LogP contribution in [0.15, 0.2) is 24.3 Å². The van der Waals surface area contributed by atoms with Crippen LogP contribution in [0.25, 0.3) is 0 Å². The summed E-state index contributed by atoms with van der Waals surface area (Å²) >= 11 is 2.21. The zero-order valence-corrected chi connectivity index (χ0v) is 7.33. The van der Waals surface area contributed by atoms with E-state index in [2.05, 4.69) is 46.9 Å². The number of fused-ring (bicyclic) bond motifs is 1. The Labute approximate surface area is 68.4 Å². The third-order valence-electron chi connectivity index (χ3n) is 1.81. The molecule has 1 unspecified atom stereocenters. The van der Waals surface area contributed by atoms with Crippen LogP contribution in [-0.2, 0) is 6.42 Å². The molecule has 0 spiro atoms. The molecule has 0 saturated carbocycles. The predicted octanol–water partition coefficient (Wildman–Crippen LogP) is -1.43. The molecule has 0 bridgehead atoms. The van der Waals surface area contributed by atoms with Gasteiger partial charge in [0.05, 0.1) is 0 Å². The molecule has 1 aliphatic carbocycles. The molecule has 9 heavy (non-hydrogen) atoms. The minimum absolute atomic E-state index is 0.831. The quantitative estimate of drug-likeness (QED) is 0.379. The zero-order valence-electron chi connectivity index (χ0n) is 5.00. The van der Waals surface area contributed by atoms with Crippen molar-refractivity contribution < 1.29 is 22.6 Å². The van der Waals surface area contributed by atoms with E-state index >= 15 is 0 Å². The van der Waals surface area contributed by atoms with Gasteiger partial charge in [0, 0.05) is 12.0 Å². The van der Waals surface area contributed by atoms with Crippen molar-refractivity contribution in [3.8, 4) is 0 Å². The van der Waals surface area contributed by atoms with Crippen LogP contribution in [0.1, 0.15) is 15.1 Å². The lowest BCUT2D eigenvalue weighted by Gasteiger charge is -2.18. The minimum atomic E-state index is 0.831. The van der Waals surface area contributed by atoms with Gasteiger partial charge in [0.2, 0.25) is 0 Å². The zero-order chi connectivity index (χ0) is 6.27. The second kappa shape index (κ2) is 1.97. The van der Waals surface area contributed by atoms with Gasteiger partial charge < -0.3 is 0 Å². The van der Waals surface area contributed by atoms with Gasteiger partial charge >= 0.3 is 0 Å². The molecule has 0 saturated heterocycles.